The minimum Gasteiger partial charge on any atom is -0.311 e. The van der Waals surface area contributed by atoms with Crippen LogP contribution in [-0.4, -0.2) is 36.6 Å². The van der Waals surface area contributed by atoms with Gasteiger partial charge in [-0.15, -0.1) is 0 Å². The molecule has 0 aliphatic carbocycles. The van der Waals surface area contributed by atoms with Gasteiger partial charge in [-0.2, -0.15) is 0 Å². The van der Waals surface area contributed by atoms with Gasteiger partial charge in [-0.05, 0) is 32.1 Å². The van der Waals surface area contributed by atoms with Gasteiger partial charge in [0.2, 0.25) is 0 Å². The van der Waals surface area contributed by atoms with Gasteiger partial charge in [0.15, 0.2) is 0 Å². The first-order valence-electron chi connectivity index (χ1n) is 7.51. The van der Waals surface area contributed by atoms with Crippen LogP contribution in [0.5, 0.6) is 0 Å². The summed E-state index contributed by atoms with van der Waals surface area (Å²) in [5.74, 6) is 1.51. The van der Waals surface area contributed by atoms with E-state index in [-0.39, 0.29) is 0 Å². The van der Waals surface area contributed by atoms with Crippen LogP contribution in [0.1, 0.15) is 48.0 Å². The van der Waals surface area contributed by atoms with Crippen molar-refractivity contribution in [2.75, 3.05) is 19.6 Å². The molecule has 0 spiro atoms. The first-order valence-corrected chi connectivity index (χ1v) is 7.51. The molecule has 2 heteroatoms. The zero-order valence-electron chi connectivity index (χ0n) is 13.2. The summed E-state index contributed by atoms with van der Waals surface area (Å²) < 4.78 is 0. The van der Waals surface area contributed by atoms with Crippen LogP contribution in [0.3, 0.4) is 0 Å². The highest BCUT2D eigenvalue weighted by atomic mass is 15.2. The molecule has 1 aliphatic heterocycles. The van der Waals surface area contributed by atoms with Gasteiger partial charge < -0.3 is 5.32 Å². The SMILES string of the molecule is CC(C)=CCN1CC(CC(C)C)NCC1C(C)C. The summed E-state index contributed by atoms with van der Waals surface area (Å²) in [6.07, 6.45) is 3.66. The third kappa shape index (κ3) is 5.11. The standard InChI is InChI=1S/C16H32N2/c1-12(2)7-8-18-11-15(9-13(3)4)17-10-16(18)14(5)6/h7,13-17H,8-11H2,1-6H3. The fourth-order valence-electron chi connectivity index (χ4n) is 2.79. The van der Waals surface area contributed by atoms with Crippen molar-refractivity contribution >= 4 is 0 Å². The summed E-state index contributed by atoms with van der Waals surface area (Å²) in [7, 11) is 0. The Labute approximate surface area is 114 Å². The molecule has 0 aromatic carbocycles. The van der Waals surface area contributed by atoms with E-state index in [0.29, 0.717) is 12.1 Å². The van der Waals surface area contributed by atoms with Crippen LogP contribution in [0.4, 0.5) is 0 Å². The van der Waals surface area contributed by atoms with E-state index in [1.165, 1.54) is 18.5 Å². The Hall–Kier alpha value is -0.340. The van der Waals surface area contributed by atoms with Crippen LogP contribution in [0.15, 0.2) is 11.6 Å². The maximum absolute atomic E-state index is 3.74. The van der Waals surface area contributed by atoms with Crippen LogP contribution in [0, 0.1) is 11.8 Å². The molecule has 0 saturated carbocycles. The number of hydrogen-bond acceptors (Lipinski definition) is 2. The summed E-state index contributed by atoms with van der Waals surface area (Å²) in [5, 5.41) is 3.74. The van der Waals surface area contributed by atoms with Crippen molar-refractivity contribution in [2.45, 2.75) is 60.0 Å². The second-order valence-electron chi connectivity index (χ2n) is 6.78. The third-order valence-electron chi connectivity index (χ3n) is 3.80. The Morgan fingerprint density at radius 3 is 2.44 bits per heavy atom. The summed E-state index contributed by atoms with van der Waals surface area (Å²) in [6, 6.07) is 1.36. The van der Waals surface area contributed by atoms with Gasteiger partial charge in [0.05, 0.1) is 0 Å². The molecule has 0 amide bonds. The Morgan fingerprint density at radius 1 is 1.28 bits per heavy atom. The molecular weight excluding hydrogens is 220 g/mol. The van der Waals surface area contributed by atoms with Gasteiger partial charge in [-0.3, -0.25) is 4.90 Å². The van der Waals surface area contributed by atoms with E-state index in [4.69, 9.17) is 0 Å². The smallest absolute Gasteiger partial charge is 0.0247 e. The van der Waals surface area contributed by atoms with Crippen LogP contribution in [0.2, 0.25) is 0 Å². The van der Waals surface area contributed by atoms with Gasteiger partial charge in [-0.25, -0.2) is 0 Å². The fraction of sp³-hybridized carbons (Fsp3) is 0.875. The molecule has 1 heterocycles. The average Bonchev–Trinajstić information content (AvgIpc) is 2.25. The Morgan fingerprint density at radius 2 is 1.94 bits per heavy atom. The van der Waals surface area contributed by atoms with Crippen molar-refractivity contribution in [3.8, 4) is 0 Å². The number of piperazine rings is 1. The molecule has 2 atom stereocenters. The first kappa shape index (κ1) is 15.7. The number of allylic oxidation sites excluding steroid dienone is 1. The maximum Gasteiger partial charge on any atom is 0.0247 e. The van der Waals surface area contributed by atoms with Gasteiger partial charge in [0.25, 0.3) is 0 Å². The molecule has 0 aromatic heterocycles. The third-order valence-corrected chi connectivity index (χ3v) is 3.80. The van der Waals surface area contributed by atoms with E-state index in [1.807, 2.05) is 0 Å². The lowest BCUT2D eigenvalue weighted by molar-refractivity contribution is 0.104. The normalized spacial score (nSPS) is 25.8. The predicted molar refractivity (Wildman–Crippen MR) is 80.9 cm³/mol. The van der Waals surface area contributed by atoms with E-state index in [1.54, 1.807) is 0 Å². The molecule has 1 saturated heterocycles. The molecule has 2 unspecified atom stereocenters. The van der Waals surface area contributed by atoms with E-state index in [9.17, 15) is 0 Å². The largest absolute Gasteiger partial charge is 0.311 e. The van der Waals surface area contributed by atoms with Crippen molar-refractivity contribution in [2.24, 2.45) is 11.8 Å². The molecule has 0 aromatic rings. The Bertz CT molecular complexity index is 264. The Kier molecular flexibility index (Phi) is 6.37. The molecule has 106 valence electrons. The lowest BCUT2D eigenvalue weighted by Crippen LogP contribution is -2.58. The zero-order chi connectivity index (χ0) is 13.7. The number of hydrogen-bond donors (Lipinski definition) is 1. The van der Waals surface area contributed by atoms with Gasteiger partial charge in [0, 0.05) is 31.7 Å². The quantitative estimate of drug-likeness (QED) is 0.755. The van der Waals surface area contributed by atoms with Crippen molar-refractivity contribution in [1.29, 1.82) is 0 Å². The Balaban J connectivity index is 2.61. The van der Waals surface area contributed by atoms with Crippen LogP contribution >= 0.6 is 0 Å². The average molecular weight is 252 g/mol. The van der Waals surface area contributed by atoms with Crippen molar-refractivity contribution < 1.29 is 0 Å². The number of nitrogens with one attached hydrogen (secondary N) is 1. The lowest BCUT2D eigenvalue weighted by atomic mass is 9.95. The summed E-state index contributed by atoms with van der Waals surface area (Å²) >= 11 is 0. The number of rotatable bonds is 5. The zero-order valence-corrected chi connectivity index (χ0v) is 13.2. The van der Waals surface area contributed by atoms with E-state index in [0.717, 1.165) is 24.9 Å². The fourth-order valence-corrected chi connectivity index (χ4v) is 2.79. The highest BCUT2D eigenvalue weighted by Crippen LogP contribution is 2.18. The second kappa shape index (κ2) is 7.30. The number of nitrogens with zero attached hydrogens (tertiary/aromatic N) is 1. The molecule has 1 rings (SSSR count). The van der Waals surface area contributed by atoms with E-state index in [2.05, 4.69) is 57.8 Å². The molecular formula is C16H32N2. The molecule has 1 aliphatic rings. The monoisotopic (exact) mass is 252 g/mol. The van der Waals surface area contributed by atoms with Crippen molar-refractivity contribution in [1.82, 2.24) is 10.2 Å². The summed E-state index contributed by atoms with van der Waals surface area (Å²) in [5.41, 5.74) is 1.43. The summed E-state index contributed by atoms with van der Waals surface area (Å²) in [4.78, 5) is 2.67. The first-order chi connectivity index (χ1) is 8.40. The maximum atomic E-state index is 3.74. The van der Waals surface area contributed by atoms with Crippen LogP contribution < -0.4 is 5.32 Å². The lowest BCUT2D eigenvalue weighted by Gasteiger charge is -2.42. The van der Waals surface area contributed by atoms with Crippen LogP contribution in [0.25, 0.3) is 0 Å². The van der Waals surface area contributed by atoms with Crippen molar-refractivity contribution in [3.05, 3.63) is 11.6 Å². The van der Waals surface area contributed by atoms with Gasteiger partial charge in [0.1, 0.15) is 0 Å². The molecule has 1 N–H and O–H groups in total. The highest BCUT2D eigenvalue weighted by molar-refractivity contribution is 4.98. The minimum atomic E-state index is 0.672. The molecule has 0 radical (unpaired) electrons. The minimum absolute atomic E-state index is 0.672. The van der Waals surface area contributed by atoms with E-state index >= 15 is 0 Å². The molecule has 0 bridgehead atoms. The second-order valence-corrected chi connectivity index (χ2v) is 6.78. The molecule has 1 fully saturated rings. The highest BCUT2D eigenvalue weighted by Gasteiger charge is 2.29. The predicted octanol–water partition coefficient (Wildman–Crippen LogP) is 3.30. The topological polar surface area (TPSA) is 15.3 Å². The summed E-state index contributed by atoms with van der Waals surface area (Å²) in [6.45, 7) is 17.1. The van der Waals surface area contributed by atoms with Gasteiger partial charge >= 0.3 is 0 Å². The van der Waals surface area contributed by atoms with Crippen LogP contribution in [-0.2, 0) is 0 Å². The van der Waals surface area contributed by atoms with Crippen molar-refractivity contribution in [3.63, 3.8) is 0 Å². The van der Waals surface area contributed by atoms with Gasteiger partial charge in [-0.1, -0.05) is 39.3 Å². The van der Waals surface area contributed by atoms with E-state index < -0.39 is 0 Å². The molecule has 18 heavy (non-hydrogen) atoms. The molecule has 2 nitrogen and oxygen atoms in total.